The van der Waals surface area contributed by atoms with Gasteiger partial charge in [0.15, 0.2) is 0 Å². The van der Waals surface area contributed by atoms with Crippen LogP contribution in [0, 0.1) is 0 Å². The Balaban J connectivity index is 0. The number of carboxylic acid groups (broad SMARTS) is 1. The Labute approximate surface area is 98.0 Å². The molecule has 0 saturated heterocycles. The van der Waals surface area contributed by atoms with E-state index in [9.17, 15) is 4.79 Å². The maximum Gasteiger partial charge on any atom is 0.305 e. The highest BCUT2D eigenvalue weighted by Gasteiger charge is 2.00. The van der Waals surface area contributed by atoms with Gasteiger partial charge in [0.1, 0.15) is 0 Å². The molecule has 96 valence electrons. The fraction of sp³-hybridized carbons (Fsp3) is 0.833. The Morgan fingerprint density at radius 3 is 2.00 bits per heavy atom. The molecule has 0 aromatic rings. The topological polar surface area (TPSA) is 63.6 Å². The van der Waals surface area contributed by atoms with Gasteiger partial charge in [-0.1, -0.05) is 33.1 Å². The van der Waals surface area contributed by atoms with Crippen molar-refractivity contribution in [3.63, 3.8) is 0 Å². The van der Waals surface area contributed by atoms with Crippen LogP contribution < -0.4 is 0 Å². The Kier molecular flexibility index (Phi) is 15.1. The number of carbonyl (C=O) groups excluding carboxylic acids is 1. The maximum absolute atomic E-state index is 11.0. The molecule has 1 N–H and O–H groups in total. The van der Waals surface area contributed by atoms with Gasteiger partial charge in [-0.3, -0.25) is 9.59 Å². The van der Waals surface area contributed by atoms with Gasteiger partial charge in [-0.2, -0.15) is 0 Å². The quantitative estimate of drug-likeness (QED) is 0.541. The first-order chi connectivity index (χ1) is 7.54. The molecule has 0 aliphatic heterocycles. The van der Waals surface area contributed by atoms with Gasteiger partial charge in [0.2, 0.25) is 0 Å². The van der Waals surface area contributed by atoms with Crippen LogP contribution in [0.4, 0.5) is 0 Å². The molecule has 0 radical (unpaired) electrons. The summed E-state index contributed by atoms with van der Waals surface area (Å²) < 4.78 is 4.99. The number of carbonyl (C=O) groups is 2. The van der Waals surface area contributed by atoms with E-state index in [-0.39, 0.29) is 5.97 Å². The van der Waals surface area contributed by atoms with Crippen molar-refractivity contribution in [3.8, 4) is 0 Å². The fourth-order valence-corrected chi connectivity index (χ4v) is 0.922. The van der Waals surface area contributed by atoms with Crippen molar-refractivity contribution in [1.29, 1.82) is 0 Å². The number of esters is 1. The predicted molar refractivity (Wildman–Crippen MR) is 63.3 cm³/mol. The largest absolute Gasteiger partial charge is 0.481 e. The van der Waals surface area contributed by atoms with E-state index in [0.29, 0.717) is 13.0 Å². The van der Waals surface area contributed by atoms with Gasteiger partial charge in [0.05, 0.1) is 6.61 Å². The Morgan fingerprint density at radius 1 is 1.06 bits per heavy atom. The summed E-state index contributed by atoms with van der Waals surface area (Å²) in [5.41, 5.74) is 0. The van der Waals surface area contributed by atoms with E-state index in [1.165, 1.54) is 0 Å². The van der Waals surface area contributed by atoms with Crippen molar-refractivity contribution >= 4 is 11.9 Å². The molecule has 0 aromatic carbocycles. The summed E-state index contributed by atoms with van der Waals surface area (Å²) in [7, 11) is 0. The second-order valence-corrected chi connectivity index (χ2v) is 3.55. The minimum atomic E-state index is -0.833. The molecule has 0 spiro atoms. The third-order valence-electron chi connectivity index (χ3n) is 1.75. The van der Waals surface area contributed by atoms with Gasteiger partial charge in [-0.25, -0.2) is 0 Å². The van der Waals surface area contributed by atoms with Gasteiger partial charge >= 0.3 is 5.97 Å². The number of hydrogen-bond donors (Lipinski definition) is 1. The van der Waals surface area contributed by atoms with Crippen LogP contribution in [-0.4, -0.2) is 23.7 Å². The number of aliphatic carboxylic acids is 1. The molecule has 4 nitrogen and oxygen atoms in total. The smallest absolute Gasteiger partial charge is 0.305 e. The summed E-state index contributed by atoms with van der Waals surface area (Å²) in [4.78, 5) is 20.0. The van der Waals surface area contributed by atoms with E-state index >= 15 is 0 Å². The normalized spacial score (nSPS) is 8.94. The van der Waals surface area contributed by atoms with Crippen LogP contribution in [0.15, 0.2) is 0 Å². The van der Waals surface area contributed by atoms with Crippen LogP contribution in [0.2, 0.25) is 0 Å². The van der Waals surface area contributed by atoms with E-state index in [1.807, 2.05) is 0 Å². The first-order valence-electron chi connectivity index (χ1n) is 5.89. The highest BCUT2D eigenvalue weighted by molar-refractivity contribution is 5.69. The van der Waals surface area contributed by atoms with Crippen molar-refractivity contribution in [1.82, 2.24) is 0 Å². The lowest BCUT2D eigenvalue weighted by atomic mass is 10.2. The molecule has 0 saturated carbocycles. The molecular formula is C12H24O4. The second kappa shape index (κ2) is 13.9. The monoisotopic (exact) mass is 232 g/mol. The van der Waals surface area contributed by atoms with Crippen molar-refractivity contribution in [2.45, 2.75) is 59.3 Å². The van der Waals surface area contributed by atoms with Gasteiger partial charge in [-0.15, -0.1) is 0 Å². The molecule has 0 unspecified atom stereocenters. The van der Waals surface area contributed by atoms with E-state index < -0.39 is 5.97 Å². The molecule has 4 heteroatoms. The van der Waals surface area contributed by atoms with Crippen molar-refractivity contribution in [3.05, 3.63) is 0 Å². The van der Waals surface area contributed by atoms with Crippen LogP contribution in [-0.2, 0) is 14.3 Å². The molecule has 0 aliphatic carbocycles. The first kappa shape index (κ1) is 17.3. The molecule has 0 rings (SSSR count). The van der Waals surface area contributed by atoms with Crippen molar-refractivity contribution in [2.75, 3.05) is 6.61 Å². The number of hydrogen-bond acceptors (Lipinski definition) is 3. The van der Waals surface area contributed by atoms with Crippen LogP contribution >= 0.6 is 0 Å². The molecule has 0 bridgehead atoms. The molecule has 0 aliphatic rings. The summed E-state index contributed by atoms with van der Waals surface area (Å²) >= 11 is 0. The molecular weight excluding hydrogens is 208 g/mol. The second-order valence-electron chi connectivity index (χ2n) is 3.55. The SMILES string of the molecule is CC(=O)O.CCCCCC(=O)OCCCC. The molecule has 0 heterocycles. The zero-order chi connectivity index (χ0) is 12.8. The van der Waals surface area contributed by atoms with Crippen LogP contribution in [0.25, 0.3) is 0 Å². The molecule has 0 aromatic heterocycles. The van der Waals surface area contributed by atoms with Crippen molar-refractivity contribution < 1.29 is 19.4 Å². The Bertz CT molecular complexity index is 162. The average Bonchev–Trinajstić information content (AvgIpc) is 2.18. The maximum atomic E-state index is 11.0. The molecule has 0 amide bonds. The summed E-state index contributed by atoms with van der Waals surface area (Å²) in [5, 5.41) is 7.42. The van der Waals surface area contributed by atoms with Gasteiger partial charge in [0.25, 0.3) is 5.97 Å². The molecule has 0 atom stereocenters. The van der Waals surface area contributed by atoms with E-state index in [0.717, 1.165) is 39.0 Å². The van der Waals surface area contributed by atoms with Crippen LogP contribution in [0.1, 0.15) is 59.3 Å². The zero-order valence-electron chi connectivity index (χ0n) is 10.6. The minimum absolute atomic E-state index is 0.0306. The third-order valence-corrected chi connectivity index (χ3v) is 1.75. The third kappa shape index (κ3) is 23.1. The Morgan fingerprint density at radius 2 is 1.56 bits per heavy atom. The van der Waals surface area contributed by atoms with E-state index in [1.54, 1.807) is 0 Å². The number of carboxylic acids is 1. The Hall–Kier alpha value is -1.06. The zero-order valence-corrected chi connectivity index (χ0v) is 10.6. The fourth-order valence-electron chi connectivity index (χ4n) is 0.922. The summed E-state index contributed by atoms with van der Waals surface area (Å²) in [6, 6.07) is 0. The summed E-state index contributed by atoms with van der Waals surface area (Å²) in [6.45, 7) is 5.90. The molecule has 16 heavy (non-hydrogen) atoms. The standard InChI is InChI=1S/C10H20O2.C2H4O2/c1-3-5-7-8-10(11)12-9-6-4-2;1-2(3)4/h3-9H2,1-2H3;1H3,(H,3,4). The van der Waals surface area contributed by atoms with E-state index in [2.05, 4.69) is 13.8 Å². The predicted octanol–water partition coefficient (Wildman–Crippen LogP) is 3.00. The lowest BCUT2D eigenvalue weighted by Gasteiger charge is -2.02. The lowest BCUT2D eigenvalue weighted by molar-refractivity contribution is -0.144. The van der Waals surface area contributed by atoms with E-state index in [4.69, 9.17) is 14.6 Å². The number of rotatable bonds is 7. The molecule has 0 fully saturated rings. The van der Waals surface area contributed by atoms with Gasteiger partial charge in [-0.05, 0) is 12.8 Å². The van der Waals surface area contributed by atoms with Crippen LogP contribution in [0.5, 0.6) is 0 Å². The average molecular weight is 232 g/mol. The number of ether oxygens (including phenoxy) is 1. The van der Waals surface area contributed by atoms with Gasteiger partial charge < -0.3 is 9.84 Å². The minimum Gasteiger partial charge on any atom is -0.481 e. The van der Waals surface area contributed by atoms with Crippen molar-refractivity contribution in [2.24, 2.45) is 0 Å². The summed E-state index contributed by atoms with van der Waals surface area (Å²) in [6.07, 6.45) is 5.92. The lowest BCUT2D eigenvalue weighted by Crippen LogP contribution is -2.05. The van der Waals surface area contributed by atoms with Gasteiger partial charge in [0, 0.05) is 13.3 Å². The number of unbranched alkanes of at least 4 members (excludes halogenated alkanes) is 3. The first-order valence-corrected chi connectivity index (χ1v) is 5.89. The summed E-state index contributed by atoms with van der Waals surface area (Å²) in [5.74, 6) is -0.864. The highest BCUT2D eigenvalue weighted by atomic mass is 16.5. The highest BCUT2D eigenvalue weighted by Crippen LogP contribution is 2.00. The van der Waals surface area contributed by atoms with Crippen LogP contribution in [0.3, 0.4) is 0 Å².